The van der Waals surface area contributed by atoms with Gasteiger partial charge in [-0.2, -0.15) is 0 Å². The summed E-state index contributed by atoms with van der Waals surface area (Å²) in [5.74, 6) is -3.99. The summed E-state index contributed by atoms with van der Waals surface area (Å²) < 4.78 is 57.2. The van der Waals surface area contributed by atoms with E-state index in [9.17, 15) is 9.59 Å². The van der Waals surface area contributed by atoms with E-state index < -0.39 is 59.4 Å². The number of hydrogen-bond donors (Lipinski definition) is 0. The van der Waals surface area contributed by atoms with Crippen LogP contribution in [0.1, 0.15) is 65.7 Å². The van der Waals surface area contributed by atoms with E-state index in [1.807, 2.05) is 6.20 Å². The average molecular weight is 682 g/mol. The SMILES string of the molecule is CCC[CH2][Sn]([CH2]CCC)([CH2]CCC)[c]1cn(CC2CN(c3cc(F)c(N4C=CC(=O)CC4)c(F)c3F)C(=O)O2)nn1. The maximum atomic E-state index is 15.2. The van der Waals surface area contributed by atoms with E-state index in [1.54, 1.807) is 4.68 Å². The van der Waals surface area contributed by atoms with Gasteiger partial charge in [0.25, 0.3) is 0 Å². The van der Waals surface area contributed by atoms with Gasteiger partial charge in [0.15, 0.2) is 5.78 Å². The molecule has 0 bridgehead atoms. The summed E-state index contributed by atoms with van der Waals surface area (Å²) in [6.45, 7) is 6.80. The van der Waals surface area contributed by atoms with Gasteiger partial charge in [0.05, 0.1) is 0 Å². The van der Waals surface area contributed by atoms with Crippen LogP contribution in [0.15, 0.2) is 24.5 Å². The molecule has 8 nitrogen and oxygen atoms in total. The molecule has 0 saturated carbocycles. The van der Waals surface area contributed by atoms with Crippen LogP contribution in [0.2, 0.25) is 13.3 Å². The molecule has 1 amide bonds. The number of cyclic esters (lactones) is 1. The first kappa shape index (κ1) is 31.4. The second-order valence-corrected chi connectivity index (χ2v) is 24.2. The molecule has 1 unspecified atom stereocenters. The van der Waals surface area contributed by atoms with Crippen LogP contribution in [0.3, 0.4) is 0 Å². The Morgan fingerprint density at radius 3 is 2.24 bits per heavy atom. The van der Waals surface area contributed by atoms with Gasteiger partial charge in [-0.1, -0.05) is 0 Å². The number of allylic oxidation sites excluding steroid dienone is 1. The van der Waals surface area contributed by atoms with Gasteiger partial charge in [-0.15, -0.1) is 0 Å². The number of carbonyl (C=O) groups is 2. The van der Waals surface area contributed by atoms with Gasteiger partial charge in [0, 0.05) is 19.2 Å². The summed E-state index contributed by atoms with van der Waals surface area (Å²) in [6.07, 6.45) is 9.92. The van der Waals surface area contributed by atoms with Crippen molar-refractivity contribution in [3.63, 3.8) is 0 Å². The van der Waals surface area contributed by atoms with Crippen molar-refractivity contribution in [1.29, 1.82) is 0 Å². The first-order chi connectivity index (χ1) is 19.7. The maximum absolute atomic E-state index is 15.2. The molecule has 224 valence electrons. The molecular weight excluding hydrogens is 642 g/mol. The van der Waals surface area contributed by atoms with Gasteiger partial charge in [0.2, 0.25) is 0 Å². The summed E-state index contributed by atoms with van der Waals surface area (Å²) in [5, 5.41) is 9.03. The molecule has 1 aromatic heterocycles. The number of amides is 1. The summed E-state index contributed by atoms with van der Waals surface area (Å²) in [4.78, 5) is 26.2. The minimum atomic E-state index is -2.79. The Hall–Kier alpha value is -2.57. The van der Waals surface area contributed by atoms with Crippen molar-refractivity contribution >= 4 is 45.3 Å². The quantitative estimate of drug-likeness (QED) is 0.178. The van der Waals surface area contributed by atoms with Crippen LogP contribution < -0.4 is 13.5 Å². The first-order valence-corrected chi connectivity index (χ1v) is 22.2. The van der Waals surface area contributed by atoms with E-state index in [4.69, 9.17) is 4.74 Å². The number of carbonyl (C=O) groups excluding carboxylic acids is 2. The van der Waals surface area contributed by atoms with Gasteiger partial charge < -0.3 is 0 Å². The van der Waals surface area contributed by atoms with Crippen LogP contribution in [0.5, 0.6) is 0 Å². The number of benzene rings is 1. The second-order valence-electron chi connectivity index (χ2n) is 11.1. The molecule has 1 saturated heterocycles. The molecule has 1 aromatic carbocycles. The van der Waals surface area contributed by atoms with Crippen molar-refractivity contribution in [2.75, 3.05) is 22.9 Å². The Bertz CT molecular complexity index is 1250. The fourth-order valence-corrected chi connectivity index (χ4v) is 20.8. The molecule has 2 aliphatic heterocycles. The van der Waals surface area contributed by atoms with Crippen molar-refractivity contribution in [3.8, 4) is 0 Å². The topological polar surface area (TPSA) is 80.6 Å². The zero-order valence-electron chi connectivity index (χ0n) is 24.2. The molecule has 2 aromatic rings. The fraction of sp³-hybridized carbons (Fsp3) is 0.586. The van der Waals surface area contributed by atoms with Gasteiger partial charge in [0.1, 0.15) is 0 Å². The number of nitrogens with zero attached hydrogens (tertiary/aromatic N) is 5. The molecule has 12 heteroatoms. The van der Waals surface area contributed by atoms with Crippen LogP contribution in [0.4, 0.5) is 29.3 Å². The van der Waals surface area contributed by atoms with Crippen LogP contribution in [-0.4, -0.2) is 64.4 Å². The molecule has 4 rings (SSSR count). The number of halogens is 3. The van der Waals surface area contributed by atoms with Gasteiger partial charge in [-0.25, -0.2) is 0 Å². The van der Waals surface area contributed by atoms with E-state index in [1.165, 1.54) is 44.8 Å². The van der Waals surface area contributed by atoms with Crippen molar-refractivity contribution in [1.82, 2.24) is 15.0 Å². The van der Waals surface area contributed by atoms with Crippen LogP contribution in [0, 0.1) is 17.5 Å². The molecule has 1 fully saturated rings. The molecule has 0 spiro atoms. The number of ketones is 1. The molecule has 2 aliphatic rings. The molecule has 3 heterocycles. The number of aromatic nitrogens is 3. The monoisotopic (exact) mass is 683 g/mol. The normalized spacial score (nSPS) is 17.6. The van der Waals surface area contributed by atoms with Crippen molar-refractivity contribution in [2.24, 2.45) is 0 Å². The summed E-state index contributed by atoms with van der Waals surface area (Å²) in [6, 6.07) is 0.799. The predicted molar refractivity (Wildman–Crippen MR) is 155 cm³/mol. The Morgan fingerprint density at radius 2 is 1.66 bits per heavy atom. The number of hydrogen-bond acceptors (Lipinski definition) is 6. The van der Waals surface area contributed by atoms with Crippen LogP contribution in [-0.2, 0) is 16.1 Å². The van der Waals surface area contributed by atoms with Crippen molar-refractivity contribution < 1.29 is 27.5 Å². The number of rotatable bonds is 14. The van der Waals surface area contributed by atoms with Crippen LogP contribution >= 0.6 is 0 Å². The third-order valence-corrected chi connectivity index (χ3v) is 23.1. The predicted octanol–water partition coefficient (Wildman–Crippen LogP) is 6.07. The zero-order valence-corrected chi connectivity index (χ0v) is 27.0. The Balaban J connectivity index is 1.51. The molecule has 41 heavy (non-hydrogen) atoms. The number of unbranched alkanes of at least 4 members (excludes halogenated alkanes) is 3. The molecule has 0 N–H and O–H groups in total. The molecule has 0 aliphatic carbocycles. The van der Waals surface area contributed by atoms with Crippen molar-refractivity contribution in [3.05, 3.63) is 42.0 Å². The molecule has 1 atom stereocenters. The number of anilines is 2. The zero-order chi connectivity index (χ0) is 29.6. The fourth-order valence-electron chi connectivity index (χ4n) is 5.74. The Morgan fingerprint density at radius 1 is 1.00 bits per heavy atom. The molecule has 0 radical (unpaired) electrons. The Kier molecular flexibility index (Phi) is 10.8. The van der Waals surface area contributed by atoms with Gasteiger partial charge >= 0.3 is 209 Å². The summed E-state index contributed by atoms with van der Waals surface area (Å²) in [7, 11) is 0. The van der Waals surface area contributed by atoms with E-state index >= 15 is 13.2 Å². The second kappa shape index (κ2) is 14.1. The third kappa shape index (κ3) is 7.09. The number of ether oxygens (including phenoxy) is 1. The first-order valence-electron chi connectivity index (χ1n) is 14.8. The van der Waals surface area contributed by atoms with E-state index in [0.717, 1.165) is 38.8 Å². The third-order valence-electron chi connectivity index (χ3n) is 8.11. The van der Waals surface area contributed by atoms with E-state index in [2.05, 4.69) is 31.1 Å². The summed E-state index contributed by atoms with van der Waals surface area (Å²) >= 11 is -2.79. The van der Waals surface area contributed by atoms with Crippen LogP contribution in [0.25, 0.3) is 0 Å². The minimum absolute atomic E-state index is 0.0244. The summed E-state index contributed by atoms with van der Waals surface area (Å²) in [5.41, 5.74) is -1.13. The molecular formula is C29H40F3N5O3Sn. The van der Waals surface area contributed by atoms with Gasteiger partial charge in [-0.3, -0.25) is 4.79 Å². The average Bonchev–Trinajstić information content (AvgIpc) is 3.58. The van der Waals surface area contributed by atoms with E-state index in [0.29, 0.717) is 0 Å². The standard InChI is InChI=1S/C17H13F3N5O3.3C4H9.Sn/c18-12-7-13(14(19)15(20)16(12)23-4-1-10(26)2-5-23)25-9-11(28-17(25)27)8-24-6-3-21-22-24;3*1-3-4-2;/h1,4,6-7,11H,2,5,8-9H2;3*1,3-4H2,2H3;. The van der Waals surface area contributed by atoms with E-state index in [-0.39, 0.29) is 31.8 Å². The van der Waals surface area contributed by atoms with Gasteiger partial charge in [-0.05, 0) is 6.08 Å². The van der Waals surface area contributed by atoms with Crippen molar-refractivity contribution in [2.45, 2.75) is 91.7 Å². The Labute approximate surface area is 243 Å².